The zero-order chi connectivity index (χ0) is 21.7. The minimum atomic E-state index is -3.86. The standard InChI is InChI=1S/C21H22ClN3O4S/c1-25(2)19(20-7-4-12-29-20)14-23-21(26)15-5-3-6-18(13-15)30(27,28)24-17-10-8-16(22)9-11-17/h3-13,19,24H,14H2,1-2H3,(H,23,26). The van der Waals surface area contributed by atoms with Gasteiger partial charge in [-0.25, -0.2) is 8.42 Å². The summed E-state index contributed by atoms with van der Waals surface area (Å²) in [7, 11) is -0.0909. The zero-order valence-corrected chi connectivity index (χ0v) is 18.1. The molecule has 1 heterocycles. The van der Waals surface area contributed by atoms with Crippen molar-refractivity contribution in [1.82, 2.24) is 10.2 Å². The second kappa shape index (κ2) is 9.34. The number of hydrogen-bond donors (Lipinski definition) is 2. The van der Waals surface area contributed by atoms with Gasteiger partial charge in [0.1, 0.15) is 5.76 Å². The van der Waals surface area contributed by atoms with Crippen LogP contribution in [0.4, 0.5) is 5.69 Å². The molecule has 3 rings (SSSR count). The molecule has 0 radical (unpaired) electrons. The normalized spacial score (nSPS) is 12.5. The fourth-order valence-corrected chi connectivity index (χ4v) is 4.08. The summed E-state index contributed by atoms with van der Waals surface area (Å²) in [6, 6.07) is 15.6. The van der Waals surface area contributed by atoms with Crippen LogP contribution < -0.4 is 10.0 Å². The van der Waals surface area contributed by atoms with Gasteiger partial charge in [0.25, 0.3) is 15.9 Å². The molecule has 2 aromatic carbocycles. The number of amides is 1. The monoisotopic (exact) mass is 447 g/mol. The molecule has 1 atom stereocenters. The molecule has 0 bridgehead atoms. The Labute approximate surface area is 180 Å². The van der Waals surface area contributed by atoms with Crippen LogP contribution in [0.15, 0.2) is 76.2 Å². The number of nitrogens with one attached hydrogen (secondary N) is 2. The van der Waals surface area contributed by atoms with Gasteiger partial charge in [-0.15, -0.1) is 0 Å². The Morgan fingerprint density at radius 2 is 1.83 bits per heavy atom. The number of anilines is 1. The first-order chi connectivity index (χ1) is 14.3. The van der Waals surface area contributed by atoms with Crippen LogP contribution in [-0.2, 0) is 10.0 Å². The molecule has 1 aromatic heterocycles. The van der Waals surface area contributed by atoms with Gasteiger partial charge in [-0.1, -0.05) is 17.7 Å². The van der Waals surface area contributed by atoms with E-state index in [-0.39, 0.29) is 22.4 Å². The third kappa shape index (κ3) is 5.41. The van der Waals surface area contributed by atoms with Gasteiger partial charge >= 0.3 is 0 Å². The molecule has 1 unspecified atom stereocenters. The molecule has 0 aliphatic carbocycles. The fraction of sp³-hybridized carbons (Fsp3) is 0.190. The Morgan fingerprint density at radius 1 is 1.10 bits per heavy atom. The van der Waals surface area contributed by atoms with Crippen LogP contribution in [-0.4, -0.2) is 39.9 Å². The van der Waals surface area contributed by atoms with Crippen LogP contribution in [0.25, 0.3) is 0 Å². The lowest BCUT2D eigenvalue weighted by atomic mass is 10.2. The lowest BCUT2D eigenvalue weighted by Crippen LogP contribution is -2.34. The molecule has 0 saturated carbocycles. The maximum atomic E-state index is 12.7. The number of benzene rings is 2. The van der Waals surface area contributed by atoms with Crippen molar-refractivity contribution in [3.8, 4) is 0 Å². The highest BCUT2D eigenvalue weighted by molar-refractivity contribution is 7.92. The van der Waals surface area contributed by atoms with E-state index in [1.165, 1.54) is 18.2 Å². The number of sulfonamides is 1. The van der Waals surface area contributed by atoms with Gasteiger partial charge in [-0.3, -0.25) is 14.4 Å². The topological polar surface area (TPSA) is 91.7 Å². The van der Waals surface area contributed by atoms with Crippen LogP contribution in [0.5, 0.6) is 0 Å². The summed E-state index contributed by atoms with van der Waals surface area (Å²) < 4.78 is 33.3. The van der Waals surface area contributed by atoms with E-state index in [9.17, 15) is 13.2 Å². The summed E-state index contributed by atoms with van der Waals surface area (Å²) in [5.74, 6) is 0.348. The van der Waals surface area contributed by atoms with Gasteiger partial charge in [0.2, 0.25) is 0 Å². The number of rotatable bonds is 8. The number of nitrogens with zero attached hydrogens (tertiary/aromatic N) is 1. The molecule has 9 heteroatoms. The van der Waals surface area contributed by atoms with E-state index in [0.29, 0.717) is 17.3 Å². The van der Waals surface area contributed by atoms with Gasteiger partial charge in [0.05, 0.1) is 17.2 Å². The van der Waals surface area contributed by atoms with Crippen LogP contribution in [0.2, 0.25) is 5.02 Å². The van der Waals surface area contributed by atoms with Gasteiger partial charge < -0.3 is 9.73 Å². The second-order valence-corrected chi connectivity index (χ2v) is 8.96. The number of carbonyl (C=O) groups excluding carboxylic acids is 1. The number of carbonyl (C=O) groups is 1. The maximum Gasteiger partial charge on any atom is 0.261 e. The molecule has 1 amide bonds. The molecule has 2 N–H and O–H groups in total. The Kier molecular flexibility index (Phi) is 6.81. The van der Waals surface area contributed by atoms with Crippen molar-refractivity contribution in [2.75, 3.05) is 25.4 Å². The van der Waals surface area contributed by atoms with E-state index in [1.807, 2.05) is 25.1 Å². The lowest BCUT2D eigenvalue weighted by molar-refractivity contribution is 0.0939. The van der Waals surface area contributed by atoms with Gasteiger partial charge in [0, 0.05) is 22.8 Å². The first kappa shape index (κ1) is 21.9. The summed E-state index contributed by atoms with van der Waals surface area (Å²) in [4.78, 5) is 14.5. The molecule has 0 spiro atoms. The van der Waals surface area contributed by atoms with E-state index in [0.717, 1.165) is 5.76 Å². The Morgan fingerprint density at radius 3 is 2.47 bits per heavy atom. The molecule has 0 saturated heterocycles. The minimum Gasteiger partial charge on any atom is -0.468 e. The molecule has 0 fully saturated rings. The Balaban J connectivity index is 1.72. The highest BCUT2D eigenvalue weighted by Gasteiger charge is 2.20. The zero-order valence-electron chi connectivity index (χ0n) is 16.5. The molecule has 0 aliphatic rings. The third-order valence-electron chi connectivity index (χ3n) is 4.45. The number of furan rings is 1. The average Bonchev–Trinajstić information content (AvgIpc) is 3.24. The first-order valence-electron chi connectivity index (χ1n) is 9.13. The molecule has 3 aromatic rings. The molecular formula is C21H22ClN3O4S. The Bertz CT molecular complexity index is 1100. The molecule has 0 aliphatic heterocycles. The van der Waals surface area contributed by atoms with E-state index in [1.54, 1.807) is 42.7 Å². The van der Waals surface area contributed by atoms with Gasteiger partial charge in [-0.2, -0.15) is 0 Å². The summed E-state index contributed by atoms with van der Waals surface area (Å²) >= 11 is 5.83. The second-order valence-electron chi connectivity index (χ2n) is 6.85. The van der Waals surface area contributed by atoms with Crippen LogP contribution in [0.1, 0.15) is 22.2 Å². The summed E-state index contributed by atoms with van der Waals surface area (Å²) in [5.41, 5.74) is 0.618. The molecular weight excluding hydrogens is 426 g/mol. The fourth-order valence-electron chi connectivity index (χ4n) is 2.85. The highest BCUT2D eigenvalue weighted by atomic mass is 35.5. The van der Waals surface area contributed by atoms with Crippen molar-refractivity contribution in [2.24, 2.45) is 0 Å². The smallest absolute Gasteiger partial charge is 0.261 e. The number of halogens is 1. The van der Waals surface area contributed by atoms with Crippen molar-refractivity contribution in [1.29, 1.82) is 0 Å². The summed E-state index contributed by atoms with van der Waals surface area (Å²) in [6.45, 7) is 0.305. The molecule has 30 heavy (non-hydrogen) atoms. The van der Waals surface area contributed by atoms with Crippen molar-refractivity contribution in [3.63, 3.8) is 0 Å². The van der Waals surface area contributed by atoms with E-state index in [2.05, 4.69) is 10.0 Å². The summed E-state index contributed by atoms with van der Waals surface area (Å²) in [6.07, 6.45) is 1.58. The highest BCUT2D eigenvalue weighted by Crippen LogP contribution is 2.20. The Hall–Kier alpha value is -2.81. The van der Waals surface area contributed by atoms with Crippen LogP contribution in [0.3, 0.4) is 0 Å². The lowest BCUT2D eigenvalue weighted by Gasteiger charge is -2.22. The predicted octanol–water partition coefficient (Wildman–Crippen LogP) is 3.77. The number of hydrogen-bond acceptors (Lipinski definition) is 5. The van der Waals surface area contributed by atoms with Gasteiger partial charge in [-0.05, 0) is 68.7 Å². The predicted molar refractivity (Wildman–Crippen MR) is 116 cm³/mol. The van der Waals surface area contributed by atoms with Crippen molar-refractivity contribution >= 4 is 33.2 Å². The SMILES string of the molecule is CN(C)C(CNC(=O)c1cccc(S(=O)(=O)Nc2ccc(Cl)cc2)c1)c1ccco1. The quantitative estimate of drug-likeness (QED) is 0.548. The minimum absolute atomic E-state index is 0.0136. The van der Waals surface area contributed by atoms with E-state index in [4.69, 9.17) is 16.0 Å². The molecule has 7 nitrogen and oxygen atoms in total. The van der Waals surface area contributed by atoms with E-state index < -0.39 is 10.0 Å². The van der Waals surface area contributed by atoms with Crippen LogP contribution in [0, 0.1) is 0 Å². The largest absolute Gasteiger partial charge is 0.468 e. The average molecular weight is 448 g/mol. The number of likely N-dealkylation sites (N-methyl/N-ethyl adjacent to an activating group) is 1. The van der Waals surface area contributed by atoms with Crippen LogP contribution >= 0.6 is 11.6 Å². The van der Waals surface area contributed by atoms with E-state index >= 15 is 0 Å². The molecule has 158 valence electrons. The van der Waals surface area contributed by atoms with Gasteiger partial charge in [0.15, 0.2) is 0 Å². The van der Waals surface area contributed by atoms with Crippen molar-refractivity contribution < 1.29 is 17.6 Å². The maximum absolute atomic E-state index is 12.7. The third-order valence-corrected chi connectivity index (χ3v) is 6.08. The first-order valence-corrected chi connectivity index (χ1v) is 11.0. The summed E-state index contributed by atoms with van der Waals surface area (Å²) in [5, 5.41) is 3.33. The van der Waals surface area contributed by atoms with Crippen molar-refractivity contribution in [3.05, 3.63) is 83.3 Å². The van der Waals surface area contributed by atoms with Crippen molar-refractivity contribution in [2.45, 2.75) is 10.9 Å².